The van der Waals surface area contributed by atoms with E-state index in [1.807, 2.05) is 24.4 Å². The molecular weight excluding hydrogens is 254 g/mol. The standard InChI is InChI=1S/C14H17N5O/c20-14(12-3-1-5-15-12)17-10-11-4-7-16-13(9-11)19-8-2-6-18-19/h2,4,6-9,12,15H,1,3,5,10H2,(H,17,20)/t12-/m0/s1. The van der Waals surface area contributed by atoms with Crippen molar-refractivity contribution in [1.29, 1.82) is 0 Å². The van der Waals surface area contributed by atoms with Crippen LogP contribution >= 0.6 is 0 Å². The van der Waals surface area contributed by atoms with E-state index in [0.717, 1.165) is 30.8 Å². The molecule has 1 amide bonds. The summed E-state index contributed by atoms with van der Waals surface area (Å²) < 4.78 is 1.70. The van der Waals surface area contributed by atoms with Crippen molar-refractivity contribution >= 4 is 5.91 Å². The molecule has 0 saturated carbocycles. The van der Waals surface area contributed by atoms with Crippen molar-refractivity contribution in [3.05, 3.63) is 42.4 Å². The molecule has 2 aromatic heterocycles. The molecule has 20 heavy (non-hydrogen) atoms. The van der Waals surface area contributed by atoms with Crippen molar-refractivity contribution in [1.82, 2.24) is 25.4 Å². The Morgan fingerprint density at radius 2 is 2.45 bits per heavy atom. The van der Waals surface area contributed by atoms with Gasteiger partial charge in [0.05, 0.1) is 6.04 Å². The number of hydrogen-bond donors (Lipinski definition) is 2. The second-order valence-electron chi connectivity index (χ2n) is 4.84. The zero-order valence-electron chi connectivity index (χ0n) is 11.1. The number of carbonyl (C=O) groups excluding carboxylic acids is 1. The van der Waals surface area contributed by atoms with E-state index in [1.165, 1.54) is 0 Å². The van der Waals surface area contributed by atoms with Crippen molar-refractivity contribution < 1.29 is 4.79 Å². The highest BCUT2D eigenvalue weighted by Gasteiger charge is 2.21. The number of nitrogens with zero attached hydrogens (tertiary/aromatic N) is 3. The van der Waals surface area contributed by atoms with Crippen LogP contribution in [0.25, 0.3) is 5.82 Å². The average Bonchev–Trinajstić information content (AvgIpc) is 3.17. The van der Waals surface area contributed by atoms with E-state index in [2.05, 4.69) is 20.7 Å². The van der Waals surface area contributed by atoms with Gasteiger partial charge in [-0.2, -0.15) is 5.10 Å². The largest absolute Gasteiger partial charge is 0.351 e. The van der Waals surface area contributed by atoms with Crippen molar-refractivity contribution in [2.24, 2.45) is 0 Å². The SMILES string of the molecule is O=C(NCc1ccnc(-n2cccn2)c1)[C@@H]1CCCN1. The topological polar surface area (TPSA) is 71.8 Å². The number of hydrogen-bond acceptors (Lipinski definition) is 4. The monoisotopic (exact) mass is 271 g/mol. The van der Waals surface area contributed by atoms with Crippen molar-refractivity contribution in [2.75, 3.05) is 6.54 Å². The summed E-state index contributed by atoms with van der Waals surface area (Å²) >= 11 is 0. The number of rotatable bonds is 4. The Morgan fingerprint density at radius 1 is 1.50 bits per heavy atom. The zero-order chi connectivity index (χ0) is 13.8. The maximum Gasteiger partial charge on any atom is 0.237 e. The first-order valence-corrected chi connectivity index (χ1v) is 6.79. The van der Waals surface area contributed by atoms with Gasteiger partial charge in [0.2, 0.25) is 5.91 Å². The molecule has 3 rings (SSSR count). The van der Waals surface area contributed by atoms with Crippen LogP contribution in [0.1, 0.15) is 18.4 Å². The molecule has 1 saturated heterocycles. The summed E-state index contributed by atoms with van der Waals surface area (Å²) in [5.74, 6) is 0.820. The normalized spacial score (nSPS) is 18.1. The lowest BCUT2D eigenvalue weighted by Gasteiger charge is -2.11. The number of aromatic nitrogens is 3. The second kappa shape index (κ2) is 5.83. The maximum atomic E-state index is 11.9. The van der Waals surface area contributed by atoms with Crippen LogP contribution < -0.4 is 10.6 Å². The highest BCUT2D eigenvalue weighted by Crippen LogP contribution is 2.08. The first-order valence-electron chi connectivity index (χ1n) is 6.79. The van der Waals surface area contributed by atoms with Crippen LogP contribution in [-0.4, -0.2) is 33.3 Å². The average molecular weight is 271 g/mol. The van der Waals surface area contributed by atoms with Crippen LogP contribution in [0.2, 0.25) is 0 Å². The predicted molar refractivity (Wildman–Crippen MR) is 74.2 cm³/mol. The number of nitrogens with one attached hydrogen (secondary N) is 2. The lowest BCUT2D eigenvalue weighted by atomic mass is 10.2. The third kappa shape index (κ3) is 2.85. The minimum atomic E-state index is -0.0394. The van der Waals surface area contributed by atoms with Crippen LogP contribution in [-0.2, 0) is 11.3 Å². The molecular formula is C14H17N5O. The van der Waals surface area contributed by atoms with Gasteiger partial charge in [0.15, 0.2) is 5.82 Å². The molecule has 1 aliphatic heterocycles. The quantitative estimate of drug-likeness (QED) is 0.856. The van der Waals surface area contributed by atoms with Gasteiger partial charge in [0.1, 0.15) is 0 Å². The highest BCUT2D eigenvalue weighted by molar-refractivity contribution is 5.81. The first kappa shape index (κ1) is 12.8. The molecule has 0 aromatic carbocycles. The molecule has 1 aliphatic rings. The minimum absolute atomic E-state index is 0.0394. The molecule has 0 aliphatic carbocycles. The molecule has 0 radical (unpaired) electrons. The van der Waals surface area contributed by atoms with Gasteiger partial charge in [0.25, 0.3) is 0 Å². The van der Waals surface area contributed by atoms with Crippen LogP contribution in [0, 0.1) is 0 Å². The van der Waals surface area contributed by atoms with Gasteiger partial charge < -0.3 is 10.6 Å². The number of amides is 1. The molecule has 0 bridgehead atoms. The first-order chi connectivity index (χ1) is 9.83. The van der Waals surface area contributed by atoms with Crippen LogP contribution in [0.5, 0.6) is 0 Å². The van der Waals surface area contributed by atoms with Gasteiger partial charge in [-0.1, -0.05) is 0 Å². The van der Waals surface area contributed by atoms with Crippen LogP contribution in [0.3, 0.4) is 0 Å². The fourth-order valence-electron chi connectivity index (χ4n) is 2.32. The van der Waals surface area contributed by atoms with E-state index in [4.69, 9.17) is 0 Å². The lowest BCUT2D eigenvalue weighted by Crippen LogP contribution is -2.40. The van der Waals surface area contributed by atoms with Gasteiger partial charge in [0, 0.05) is 25.1 Å². The number of carbonyl (C=O) groups is 1. The predicted octanol–water partition coefficient (Wildman–Crippen LogP) is 0.635. The molecule has 2 N–H and O–H groups in total. The maximum absolute atomic E-state index is 11.9. The van der Waals surface area contributed by atoms with E-state index < -0.39 is 0 Å². The van der Waals surface area contributed by atoms with Gasteiger partial charge >= 0.3 is 0 Å². The van der Waals surface area contributed by atoms with Gasteiger partial charge in [-0.25, -0.2) is 9.67 Å². The Hall–Kier alpha value is -2.21. The van der Waals surface area contributed by atoms with E-state index in [1.54, 1.807) is 17.1 Å². The fraction of sp³-hybridized carbons (Fsp3) is 0.357. The summed E-state index contributed by atoms with van der Waals surface area (Å²) in [4.78, 5) is 16.2. The Morgan fingerprint density at radius 3 is 3.20 bits per heavy atom. The van der Waals surface area contributed by atoms with E-state index in [-0.39, 0.29) is 11.9 Å². The number of pyridine rings is 1. The zero-order valence-corrected chi connectivity index (χ0v) is 11.1. The minimum Gasteiger partial charge on any atom is -0.351 e. The molecule has 6 heteroatoms. The summed E-state index contributed by atoms with van der Waals surface area (Å²) in [5.41, 5.74) is 1.01. The van der Waals surface area contributed by atoms with E-state index in [0.29, 0.717) is 6.54 Å². The molecule has 1 fully saturated rings. The summed E-state index contributed by atoms with van der Waals surface area (Å²) in [6.45, 7) is 1.44. The van der Waals surface area contributed by atoms with Crippen molar-refractivity contribution in [3.63, 3.8) is 0 Å². The Balaban J connectivity index is 1.63. The van der Waals surface area contributed by atoms with Crippen molar-refractivity contribution in [2.45, 2.75) is 25.4 Å². The van der Waals surface area contributed by atoms with Crippen LogP contribution in [0.4, 0.5) is 0 Å². The summed E-state index contributed by atoms with van der Waals surface area (Å²) in [5, 5.41) is 10.3. The molecule has 0 spiro atoms. The summed E-state index contributed by atoms with van der Waals surface area (Å²) in [6.07, 6.45) is 7.26. The van der Waals surface area contributed by atoms with Gasteiger partial charge in [-0.05, 0) is 43.1 Å². The molecule has 6 nitrogen and oxygen atoms in total. The molecule has 0 unspecified atom stereocenters. The Kier molecular flexibility index (Phi) is 3.73. The van der Waals surface area contributed by atoms with Gasteiger partial charge in [-0.15, -0.1) is 0 Å². The smallest absolute Gasteiger partial charge is 0.237 e. The third-order valence-electron chi connectivity index (χ3n) is 3.39. The van der Waals surface area contributed by atoms with E-state index in [9.17, 15) is 4.79 Å². The molecule has 1 atom stereocenters. The fourth-order valence-corrected chi connectivity index (χ4v) is 2.32. The lowest BCUT2D eigenvalue weighted by molar-refractivity contribution is -0.122. The Bertz CT molecular complexity index is 575. The highest BCUT2D eigenvalue weighted by atomic mass is 16.2. The van der Waals surface area contributed by atoms with Gasteiger partial charge in [-0.3, -0.25) is 4.79 Å². The van der Waals surface area contributed by atoms with Crippen LogP contribution in [0.15, 0.2) is 36.8 Å². The molecule has 104 valence electrons. The summed E-state index contributed by atoms with van der Waals surface area (Å²) in [7, 11) is 0. The van der Waals surface area contributed by atoms with Crippen molar-refractivity contribution in [3.8, 4) is 5.82 Å². The van der Waals surface area contributed by atoms with E-state index >= 15 is 0 Å². The molecule has 3 heterocycles. The summed E-state index contributed by atoms with van der Waals surface area (Å²) in [6, 6.07) is 5.63. The third-order valence-corrected chi connectivity index (χ3v) is 3.39. The molecule has 2 aromatic rings. The Labute approximate surface area is 117 Å². The second-order valence-corrected chi connectivity index (χ2v) is 4.84.